The number of piperazine rings is 1. The van der Waals surface area contributed by atoms with Crippen molar-refractivity contribution in [2.75, 3.05) is 62.3 Å². The van der Waals surface area contributed by atoms with Gasteiger partial charge in [-0.3, -0.25) is 0 Å². The molecule has 1 aromatic heterocycles. The fourth-order valence-corrected chi connectivity index (χ4v) is 5.04. The smallest absolute Gasteiger partial charge is 0.378 e. The summed E-state index contributed by atoms with van der Waals surface area (Å²) in [7, 11) is -3.87. The maximum atomic E-state index is 12.8. The number of sulfonamides is 1. The van der Waals surface area contributed by atoms with Crippen molar-refractivity contribution in [3.05, 3.63) is 42.1 Å². The molecule has 12 heteroatoms. The number of alkyl halides is 3. The van der Waals surface area contributed by atoms with E-state index in [1.165, 1.54) is 4.31 Å². The van der Waals surface area contributed by atoms with Crippen LogP contribution in [0.25, 0.3) is 0 Å². The van der Waals surface area contributed by atoms with Crippen LogP contribution in [0.5, 0.6) is 0 Å². The van der Waals surface area contributed by atoms with Gasteiger partial charge in [-0.1, -0.05) is 0 Å². The van der Waals surface area contributed by atoms with Crippen LogP contribution in [0, 0.1) is 0 Å². The van der Waals surface area contributed by atoms with Gasteiger partial charge in [0.2, 0.25) is 10.0 Å². The molecule has 0 bridgehead atoms. The molecule has 2 aliphatic heterocycles. The van der Waals surface area contributed by atoms with Crippen LogP contribution in [0.1, 0.15) is 5.56 Å². The summed E-state index contributed by atoms with van der Waals surface area (Å²) in [6.07, 6.45) is -2.81. The number of ether oxygens (including phenoxy) is 1. The summed E-state index contributed by atoms with van der Waals surface area (Å²) < 4.78 is 70.5. The van der Waals surface area contributed by atoms with E-state index in [0.29, 0.717) is 32.1 Å². The molecule has 0 radical (unpaired) electrons. The zero-order valence-electron chi connectivity index (χ0n) is 16.6. The highest BCUT2D eigenvalue weighted by atomic mass is 32.2. The molecule has 31 heavy (non-hydrogen) atoms. The molecule has 4 rings (SSSR count). The summed E-state index contributed by atoms with van der Waals surface area (Å²) in [5, 5.41) is 8.26. The van der Waals surface area contributed by atoms with Crippen molar-refractivity contribution in [2.24, 2.45) is 0 Å². The van der Waals surface area contributed by atoms with E-state index in [-0.39, 0.29) is 18.0 Å². The maximum absolute atomic E-state index is 12.8. The third-order valence-electron chi connectivity index (χ3n) is 5.39. The number of hydrogen-bond acceptors (Lipinski definition) is 7. The highest BCUT2D eigenvalue weighted by molar-refractivity contribution is 7.89. The van der Waals surface area contributed by atoms with Crippen molar-refractivity contribution < 1.29 is 26.3 Å². The first-order valence-corrected chi connectivity index (χ1v) is 11.3. The average Bonchev–Trinajstić information content (AvgIpc) is 2.79. The first-order valence-electron chi connectivity index (χ1n) is 9.83. The first kappa shape index (κ1) is 21.8. The Morgan fingerprint density at radius 1 is 0.903 bits per heavy atom. The van der Waals surface area contributed by atoms with Crippen LogP contribution in [0.4, 0.5) is 24.7 Å². The molecular weight excluding hydrogens is 435 g/mol. The van der Waals surface area contributed by atoms with Gasteiger partial charge in [0.25, 0.3) is 0 Å². The van der Waals surface area contributed by atoms with E-state index < -0.39 is 21.8 Å². The molecule has 0 aliphatic carbocycles. The van der Waals surface area contributed by atoms with Gasteiger partial charge in [0.05, 0.1) is 35.6 Å². The zero-order chi connectivity index (χ0) is 22.1. The molecular formula is C19H22F3N5O3S. The lowest BCUT2D eigenvalue weighted by Crippen LogP contribution is -2.49. The molecule has 3 heterocycles. The lowest BCUT2D eigenvalue weighted by Gasteiger charge is -2.35. The average molecular weight is 457 g/mol. The number of benzene rings is 1. The topological polar surface area (TPSA) is 78.9 Å². The molecule has 0 saturated carbocycles. The van der Waals surface area contributed by atoms with E-state index in [1.54, 1.807) is 6.20 Å². The van der Waals surface area contributed by atoms with Gasteiger partial charge < -0.3 is 14.5 Å². The Kier molecular flexibility index (Phi) is 6.04. The number of nitrogens with zero attached hydrogens (tertiary/aromatic N) is 5. The second kappa shape index (κ2) is 8.60. The quantitative estimate of drug-likeness (QED) is 0.693. The number of rotatable bonds is 4. The predicted octanol–water partition coefficient (Wildman–Crippen LogP) is 1.84. The molecule has 0 amide bonds. The standard InChI is InChI=1S/C19H22F3N5O3S/c20-19(21,22)15-1-3-17(4-2-15)31(28,29)27-7-5-26(6-8-27)18-13-16(14-23-24-18)25-9-11-30-12-10-25/h1-4,13-14H,5-12H2. The van der Waals surface area contributed by atoms with Crippen LogP contribution in [0.3, 0.4) is 0 Å². The molecule has 2 aliphatic rings. The predicted molar refractivity (Wildman–Crippen MR) is 107 cm³/mol. The molecule has 1 aromatic carbocycles. The van der Waals surface area contributed by atoms with E-state index in [4.69, 9.17) is 4.74 Å². The monoisotopic (exact) mass is 457 g/mol. The summed E-state index contributed by atoms with van der Waals surface area (Å²) in [4.78, 5) is 3.96. The van der Waals surface area contributed by atoms with Crippen molar-refractivity contribution >= 4 is 21.5 Å². The van der Waals surface area contributed by atoms with Crippen molar-refractivity contribution in [3.63, 3.8) is 0 Å². The van der Waals surface area contributed by atoms with Crippen LogP contribution in [-0.4, -0.2) is 75.4 Å². The largest absolute Gasteiger partial charge is 0.416 e. The Morgan fingerprint density at radius 3 is 2.16 bits per heavy atom. The first-order chi connectivity index (χ1) is 14.7. The Bertz CT molecular complexity index is 1000. The molecule has 2 fully saturated rings. The molecule has 2 aromatic rings. The van der Waals surface area contributed by atoms with Crippen LogP contribution < -0.4 is 9.80 Å². The van der Waals surface area contributed by atoms with Gasteiger partial charge in [-0.15, -0.1) is 5.10 Å². The highest BCUT2D eigenvalue weighted by Crippen LogP contribution is 2.30. The van der Waals surface area contributed by atoms with Gasteiger partial charge in [-0.2, -0.15) is 22.6 Å². The molecule has 0 N–H and O–H groups in total. The van der Waals surface area contributed by atoms with E-state index in [0.717, 1.165) is 43.0 Å². The lowest BCUT2D eigenvalue weighted by molar-refractivity contribution is -0.137. The van der Waals surface area contributed by atoms with Gasteiger partial charge in [0, 0.05) is 45.3 Å². The second-order valence-corrected chi connectivity index (χ2v) is 9.22. The minimum atomic E-state index is -4.51. The van der Waals surface area contributed by atoms with Gasteiger partial charge in [0.15, 0.2) is 5.82 Å². The Balaban J connectivity index is 1.42. The summed E-state index contributed by atoms with van der Waals surface area (Å²) in [5.41, 5.74) is 0.0584. The van der Waals surface area contributed by atoms with Crippen molar-refractivity contribution in [1.29, 1.82) is 0 Å². The van der Waals surface area contributed by atoms with Gasteiger partial charge in [-0.05, 0) is 24.3 Å². The third kappa shape index (κ3) is 4.75. The van der Waals surface area contributed by atoms with Gasteiger partial charge in [-0.25, -0.2) is 8.42 Å². The van der Waals surface area contributed by atoms with E-state index in [1.807, 2.05) is 11.0 Å². The van der Waals surface area contributed by atoms with Crippen LogP contribution in [-0.2, 0) is 20.9 Å². The van der Waals surface area contributed by atoms with Crippen LogP contribution in [0.2, 0.25) is 0 Å². The van der Waals surface area contributed by atoms with Crippen molar-refractivity contribution in [3.8, 4) is 0 Å². The number of morpholine rings is 1. The van der Waals surface area contributed by atoms with Crippen molar-refractivity contribution in [2.45, 2.75) is 11.1 Å². The zero-order valence-corrected chi connectivity index (χ0v) is 17.4. The Morgan fingerprint density at radius 2 is 1.55 bits per heavy atom. The molecule has 0 unspecified atom stereocenters. The Labute approximate surface area is 178 Å². The van der Waals surface area contributed by atoms with E-state index in [2.05, 4.69) is 15.1 Å². The molecule has 168 valence electrons. The van der Waals surface area contributed by atoms with Crippen LogP contribution in [0.15, 0.2) is 41.4 Å². The molecule has 0 atom stereocenters. The number of halogens is 3. The van der Waals surface area contributed by atoms with Crippen LogP contribution >= 0.6 is 0 Å². The van der Waals surface area contributed by atoms with Gasteiger partial charge in [0.1, 0.15) is 0 Å². The SMILES string of the molecule is O=S(=O)(c1ccc(C(F)(F)F)cc1)N1CCN(c2cc(N3CCOCC3)cnn2)CC1. The summed E-state index contributed by atoms with van der Waals surface area (Å²) in [6.45, 7) is 4.05. The summed E-state index contributed by atoms with van der Waals surface area (Å²) >= 11 is 0. The Hall–Kier alpha value is -2.44. The minimum Gasteiger partial charge on any atom is -0.378 e. The van der Waals surface area contributed by atoms with Gasteiger partial charge >= 0.3 is 6.18 Å². The molecule has 0 spiro atoms. The third-order valence-corrected chi connectivity index (χ3v) is 7.30. The minimum absolute atomic E-state index is 0.150. The summed E-state index contributed by atoms with van der Waals surface area (Å²) in [6, 6.07) is 5.51. The van der Waals surface area contributed by atoms with E-state index in [9.17, 15) is 21.6 Å². The number of hydrogen-bond donors (Lipinski definition) is 0. The molecule has 2 saturated heterocycles. The number of anilines is 2. The highest BCUT2D eigenvalue weighted by Gasteiger charge is 2.33. The maximum Gasteiger partial charge on any atom is 0.416 e. The fourth-order valence-electron chi connectivity index (χ4n) is 3.62. The lowest BCUT2D eigenvalue weighted by atomic mass is 10.2. The number of aromatic nitrogens is 2. The van der Waals surface area contributed by atoms with E-state index >= 15 is 0 Å². The second-order valence-electron chi connectivity index (χ2n) is 7.28. The normalized spacial score (nSPS) is 18.9. The summed E-state index contributed by atoms with van der Waals surface area (Å²) in [5.74, 6) is 0.663. The van der Waals surface area contributed by atoms with Crippen molar-refractivity contribution in [1.82, 2.24) is 14.5 Å². The molecule has 8 nitrogen and oxygen atoms in total. The fraction of sp³-hybridized carbons (Fsp3) is 0.474.